The van der Waals surface area contributed by atoms with Crippen LogP contribution in [0, 0.1) is 5.82 Å². The Bertz CT molecular complexity index is 1060. The van der Waals surface area contributed by atoms with Crippen molar-refractivity contribution in [3.8, 4) is 0 Å². The summed E-state index contributed by atoms with van der Waals surface area (Å²) in [5.41, 5.74) is -0.700. The zero-order chi connectivity index (χ0) is 28.3. The van der Waals surface area contributed by atoms with E-state index in [0.717, 1.165) is 49.5 Å². The Kier molecular flexibility index (Phi) is 11.7. The molecule has 1 saturated heterocycles. The summed E-state index contributed by atoms with van der Waals surface area (Å²) in [7, 11) is 0. The Morgan fingerprint density at radius 1 is 1.08 bits per heavy atom. The molecule has 12 heteroatoms. The Morgan fingerprint density at radius 2 is 1.68 bits per heavy atom. The number of aliphatic carboxylic acids is 3. The summed E-state index contributed by atoms with van der Waals surface area (Å²) in [4.78, 5) is 41.7. The first-order valence-corrected chi connectivity index (χ1v) is 12.2. The van der Waals surface area contributed by atoms with Crippen LogP contribution in [-0.4, -0.2) is 78.1 Å². The Morgan fingerprint density at radius 3 is 2.16 bits per heavy atom. The summed E-state index contributed by atoms with van der Waals surface area (Å²) < 4.78 is 19.3. The van der Waals surface area contributed by atoms with E-state index in [1.165, 1.54) is 6.07 Å². The lowest BCUT2D eigenvalue weighted by molar-refractivity contribution is -0.170. The van der Waals surface area contributed by atoms with Crippen LogP contribution >= 0.6 is 0 Å². The van der Waals surface area contributed by atoms with E-state index in [9.17, 15) is 18.8 Å². The molecule has 1 fully saturated rings. The van der Waals surface area contributed by atoms with Crippen molar-refractivity contribution in [3.05, 3.63) is 59.4 Å². The molecule has 1 aliphatic rings. The van der Waals surface area contributed by atoms with Crippen LogP contribution in [0.4, 0.5) is 4.39 Å². The first-order valence-electron chi connectivity index (χ1n) is 12.2. The maximum absolute atomic E-state index is 13.5. The van der Waals surface area contributed by atoms with E-state index in [-0.39, 0.29) is 11.9 Å². The van der Waals surface area contributed by atoms with E-state index in [0.29, 0.717) is 12.5 Å². The van der Waals surface area contributed by atoms with Gasteiger partial charge < -0.3 is 25.2 Å². The van der Waals surface area contributed by atoms with Crippen LogP contribution in [0.25, 0.3) is 0 Å². The van der Waals surface area contributed by atoms with E-state index in [1.807, 2.05) is 18.5 Å². The van der Waals surface area contributed by atoms with E-state index in [1.54, 1.807) is 12.1 Å². The van der Waals surface area contributed by atoms with E-state index < -0.39 is 36.4 Å². The largest absolute Gasteiger partial charge is 0.481 e. The normalized spacial score (nSPS) is 15.3. The molecule has 0 radical (unpaired) electrons. The number of rotatable bonds is 12. The zero-order valence-corrected chi connectivity index (χ0v) is 21.4. The summed E-state index contributed by atoms with van der Waals surface area (Å²) in [6, 6.07) is 6.80. The highest BCUT2D eigenvalue weighted by molar-refractivity contribution is 5.88. The number of carboxylic acid groups (broad SMARTS) is 3. The number of halogens is 1. The van der Waals surface area contributed by atoms with Crippen LogP contribution in [0.1, 0.15) is 62.4 Å². The summed E-state index contributed by atoms with van der Waals surface area (Å²) in [5.74, 6) is -4.03. The molecule has 0 spiro atoms. The fourth-order valence-corrected chi connectivity index (χ4v) is 3.87. The van der Waals surface area contributed by atoms with Gasteiger partial charge in [0, 0.05) is 50.1 Å². The van der Waals surface area contributed by atoms with Crippen molar-refractivity contribution >= 4 is 17.9 Å². The van der Waals surface area contributed by atoms with Gasteiger partial charge in [-0.3, -0.25) is 14.5 Å². The number of hydrogen-bond donors (Lipinski definition) is 4. The molecule has 1 atom stereocenters. The number of carboxylic acids is 3. The monoisotopic (exact) mass is 535 g/mol. The molecule has 1 unspecified atom stereocenters. The lowest BCUT2D eigenvalue weighted by atomic mass is 9.96. The highest BCUT2D eigenvalue weighted by Crippen LogP contribution is 2.18. The topological polar surface area (TPSA) is 170 Å². The average molecular weight is 536 g/mol. The van der Waals surface area contributed by atoms with Crippen molar-refractivity contribution in [2.45, 2.75) is 70.2 Å². The second kappa shape index (κ2) is 14.5. The van der Waals surface area contributed by atoms with E-state index in [2.05, 4.69) is 28.7 Å². The molecule has 1 aromatic heterocycles. The molecule has 2 heterocycles. The number of benzene rings is 1. The first-order chi connectivity index (χ1) is 17.9. The van der Waals surface area contributed by atoms with Crippen LogP contribution < -0.4 is 0 Å². The fraction of sp³-hybridized carbons (Fsp3) is 0.500. The van der Waals surface area contributed by atoms with E-state index in [4.69, 9.17) is 25.2 Å². The lowest BCUT2D eigenvalue weighted by Crippen LogP contribution is -2.42. The molecule has 0 saturated carbocycles. The number of carbonyl (C=O) groups is 3. The Labute approximate surface area is 219 Å². The molecule has 3 rings (SSSR count). The lowest BCUT2D eigenvalue weighted by Gasteiger charge is -2.25. The maximum atomic E-state index is 13.5. The van der Waals surface area contributed by atoms with Gasteiger partial charge in [-0.2, -0.15) is 0 Å². The van der Waals surface area contributed by atoms with E-state index >= 15 is 0 Å². The van der Waals surface area contributed by atoms with Crippen molar-refractivity contribution in [2.75, 3.05) is 13.2 Å². The number of ether oxygens (including phenoxy) is 1. The Hall–Kier alpha value is -3.48. The molecular formula is C26H34FN3O8. The van der Waals surface area contributed by atoms with Gasteiger partial charge in [0.2, 0.25) is 0 Å². The second-order valence-electron chi connectivity index (χ2n) is 9.52. The van der Waals surface area contributed by atoms with Crippen molar-refractivity contribution in [1.29, 1.82) is 0 Å². The van der Waals surface area contributed by atoms with Gasteiger partial charge in [0.15, 0.2) is 5.60 Å². The molecule has 2 aromatic rings. The molecule has 1 aromatic carbocycles. The van der Waals surface area contributed by atoms with Crippen LogP contribution in [0.15, 0.2) is 36.7 Å². The molecule has 1 aliphatic heterocycles. The molecule has 4 N–H and O–H groups in total. The number of aromatic nitrogens is 2. The molecular weight excluding hydrogens is 501 g/mol. The van der Waals surface area contributed by atoms with Crippen LogP contribution in [0.2, 0.25) is 0 Å². The quantitative estimate of drug-likeness (QED) is 0.315. The molecule has 38 heavy (non-hydrogen) atoms. The molecule has 208 valence electrons. The molecule has 11 nitrogen and oxygen atoms in total. The maximum Gasteiger partial charge on any atom is 0.336 e. The third kappa shape index (κ3) is 10.5. The second-order valence-corrected chi connectivity index (χ2v) is 9.52. The summed E-state index contributed by atoms with van der Waals surface area (Å²) in [6.07, 6.45) is 3.97. The standard InChI is InChI=1S/C20H26FN3O.C6H8O7/c1-15(2)20-22-10-17(11-23-20)13-24(14-19-7-4-8-25-19)12-16-5-3-6-18(21)9-16;7-3(8)1-6(13,5(11)12)2-4(9)10/h3,5-6,9-11,15,19H,4,7-8,12-14H2,1-2H3;13H,1-2H2,(H,7,8)(H,9,10)(H,11,12). The summed E-state index contributed by atoms with van der Waals surface area (Å²) in [5, 5.41) is 33.8. The summed E-state index contributed by atoms with van der Waals surface area (Å²) >= 11 is 0. The number of hydrogen-bond acceptors (Lipinski definition) is 8. The van der Waals surface area contributed by atoms with Crippen molar-refractivity contribution in [1.82, 2.24) is 14.9 Å². The summed E-state index contributed by atoms with van der Waals surface area (Å²) in [6.45, 7) is 7.26. The third-order valence-corrected chi connectivity index (χ3v) is 5.71. The minimum Gasteiger partial charge on any atom is -0.481 e. The highest BCUT2D eigenvalue weighted by atomic mass is 19.1. The predicted molar refractivity (Wildman–Crippen MR) is 133 cm³/mol. The van der Waals surface area contributed by atoms with Gasteiger partial charge in [-0.15, -0.1) is 0 Å². The molecule has 0 amide bonds. The van der Waals surface area contributed by atoms with Gasteiger partial charge in [-0.05, 0) is 30.5 Å². The van der Waals surface area contributed by atoms with Crippen molar-refractivity contribution < 1.29 is 43.9 Å². The molecule has 0 bridgehead atoms. The zero-order valence-electron chi connectivity index (χ0n) is 21.4. The van der Waals surface area contributed by atoms with Gasteiger partial charge in [-0.1, -0.05) is 26.0 Å². The van der Waals surface area contributed by atoms with Crippen LogP contribution in [-0.2, 0) is 32.2 Å². The van der Waals surface area contributed by atoms with Gasteiger partial charge in [-0.25, -0.2) is 19.2 Å². The van der Waals surface area contributed by atoms with Gasteiger partial charge in [0.1, 0.15) is 11.6 Å². The minimum atomic E-state index is -2.74. The van der Waals surface area contributed by atoms with Crippen molar-refractivity contribution in [3.63, 3.8) is 0 Å². The SMILES string of the molecule is CC(C)c1ncc(CN(Cc2cccc(F)c2)CC2CCCO2)cn1.O=C(O)CC(O)(CC(=O)O)C(=O)O. The first kappa shape index (κ1) is 30.7. The predicted octanol–water partition coefficient (Wildman–Crippen LogP) is 2.67. The minimum absolute atomic E-state index is 0.195. The van der Waals surface area contributed by atoms with Crippen molar-refractivity contribution in [2.24, 2.45) is 0 Å². The number of aliphatic hydroxyl groups is 1. The Balaban J connectivity index is 0.000000332. The highest BCUT2D eigenvalue weighted by Gasteiger charge is 2.40. The van der Waals surface area contributed by atoms with Gasteiger partial charge >= 0.3 is 17.9 Å². The van der Waals surface area contributed by atoms with Gasteiger partial charge in [0.05, 0.1) is 18.9 Å². The smallest absolute Gasteiger partial charge is 0.336 e. The third-order valence-electron chi connectivity index (χ3n) is 5.71. The van der Waals surface area contributed by atoms with Gasteiger partial charge in [0.25, 0.3) is 0 Å². The molecule has 0 aliphatic carbocycles. The fourth-order valence-electron chi connectivity index (χ4n) is 3.87. The van der Waals surface area contributed by atoms with Crippen LogP contribution in [0.5, 0.6) is 0 Å². The average Bonchev–Trinajstić information content (AvgIpc) is 3.32. The van der Waals surface area contributed by atoms with Crippen LogP contribution in [0.3, 0.4) is 0 Å². The number of nitrogens with zero attached hydrogens (tertiary/aromatic N) is 3.